The number of benzene rings is 2. The summed E-state index contributed by atoms with van der Waals surface area (Å²) in [6.07, 6.45) is 1.80. The SMILES string of the molecule is Clc1cccc2[nH]c(-c3ccnc4ccccc34)nc12. The number of hydrogen-bond donors (Lipinski definition) is 1. The Morgan fingerprint density at radius 3 is 2.75 bits per heavy atom. The van der Waals surface area contributed by atoms with Gasteiger partial charge in [0.05, 0.1) is 16.1 Å². The average molecular weight is 280 g/mol. The van der Waals surface area contributed by atoms with Crippen LogP contribution in [0.1, 0.15) is 0 Å². The molecule has 20 heavy (non-hydrogen) atoms. The summed E-state index contributed by atoms with van der Waals surface area (Å²) in [5, 5.41) is 1.73. The number of aromatic amines is 1. The number of nitrogens with one attached hydrogen (secondary N) is 1. The normalized spacial score (nSPS) is 11.2. The molecule has 2 aromatic carbocycles. The number of halogens is 1. The molecule has 4 aromatic rings. The fourth-order valence-electron chi connectivity index (χ4n) is 2.43. The molecule has 0 aliphatic rings. The van der Waals surface area contributed by atoms with Gasteiger partial charge in [0.1, 0.15) is 11.3 Å². The number of imidazole rings is 1. The quantitative estimate of drug-likeness (QED) is 0.560. The molecule has 0 aliphatic carbocycles. The zero-order valence-electron chi connectivity index (χ0n) is 10.5. The monoisotopic (exact) mass is 279 g/mol. The lowest BCUT2D eigenvalue weighted by Gasteiger charge is -2.02. The van der Waals surface area contributed by atoms with E-state index in [9.17, 15) is 0 Å². The molecule has 1 N–H and O–H groups in total. The van der Waals surface area contributed by atoms with E-state index in [1.54, 1.807) is 6.20 Å². The Morgan fingerprint density at radius 1 is 0.950 bits per heavy atom. The molecule has 0 amide bonds. The second-order valence-electron chi connectivity index (χ2n) is 4.60. The lowest BCUT2D eigenvalue weighted by molar-refractivity contribution is 1.33. The summed E-state index contributed by atoms with van der Waals surface area (Å²) in [5.74, 6) is 0.812. The van der Waals surface area contributed by atoms with Crippen molar-refractivity contribution >= 4 is 33.5 Å². The predicted octanol–water partition coefficient (Wildman–Crippen LogP) is 4.43. The molecule has 0 saturated heterocycles. The summed E-state index contributed by atoms with van der Waals surface area (Å²) in [7, 11) is 0. The fourth-order valence-corrected chi connectivity index (χ4v) is 2.64. The maximum Gasteiger partial charge on any atom is 0.139 e. The number of hydrogen-bond acceptors (Lipinski definition) is 2. The maximum atomic E-state index is 6.18. The van der Waals surface area contributed by atoms with Crippen molar-refractivity contribution in [1.29, 1.82) is 0 Å². The van der Waals surface area contributed by atoms with Gasteiger partial charge in [-0.15, -0.1) is 0 Å². The second kappa shape index (κ2) is 4.32. The molecule has 0 radical (unpaired) electrons. The van der Waals surface area contributed by atoms with E-state index in [1.807, 2.05) is 48.5 Å². The molecule has 0 saturated carbocycles. The van der Waals surface area contributed by atoms with Crippen molar-refractivity contribution in [2.24, 2.45) is 0 Å². The summed E-state index contributed by atoms with van der Waals surface area (Å²) >= 11 is 6.18. The van der Waals surface area contributed by atoms with Crippen LogP contribution in [0.2, 0.25) is 5.02 Å². The average Bonchev–Trinajstić information content (AvgIpc) is 2.92. The van der Waals surface area contributed by atoms with E-state index in [-0.39, 0.29) is 0 Å². The number of rotatable bonds is 1. The van der Waals surface area contributed by atoms with Crippen molar-refractivity contribution in [2.45, 2.75) is 0 Å². The number of para-hydroxylation sites is 2. The minimum atomic E-state index is 0.656. The highest BCUT2D eigenvalue weighted by Gasteiger charge is 2.10. The van der Waals surface area contributed by atoms with Gasteiger partial charge >= 0.3 is 0 Å². The Morgan fingerprint density at radius 2 is 1.85 bits per heavy atom. The highest BCUT2D eigenvalue weighted by atomic mass is 35.5. The number of nitrogens with zero attached hydrogens (tertiary/aromatic N) is 2. The molecule has 4 heteroatoms. The van der Waals surface area contributed by atoms with Crippen LogP contribution in [0.5, 0.6) is 0 Å². The van der Waals surface area contributed by atoms with Crippen molar-refractivity contribution in [1.82, 2.24) is 15.0 Å². The highest BCUT2D eigenvalue weighted by Crippen LogP contribution is 2.29. The largest absolute Gasteiger partial charge is 0.338 e. The molecule has 2 aromatic heterocycles. The predicted molar refractivity (Wildman–Crippen MR) is 81.8 cm³/mol. The number of fused-ring (bicyclic) bond motifs is 2. The van der Waals surface area contributed by atoms with Gasteiger partial charge in [-0.3, -0.25) is 4.98 Å². The van der Waals surface area contributed by atoms with Crippen molar-refractivity contribution in [3.05, 3.63) is 59.8 Å². The molecule has 96 valence electrons. The summed E-state index contributed by atoms with van der Waals surface area (Å²) in [5.41, 5.74) is 3.72. The van der Waals surface area contributed by atoms with E-state index in [2.05, 4.69) is 15.0 Å². The molecule has 0 bridgehead atoms. The van der Waals surface area contributed by atoms with Gasteiger partial charge in [0.15, 0.2) is 0 Å². The lowest BCUT2D eigenvalue weighted by atomic mass is 10.1. The molecule has 0 fully saturated rings. The Labute approximate surface area is 120 Å². The van der Waals surface area contributed by atoms with Crippen LogP contribution in [-0.2, 0) is 0 Å². The van der Waals surface area contributed by atoms with Crippen molar-refractivity contribution in [3.8, 4) is 11.4 Å². The van der Waals surface area contributed by atoms with E-state index in [0.29, 0.717) is 5.02 Å². The molecule has 4 rings (SSSR count). The molecule has 3 nitrogen and oxygen atoms in total. The number of H-pyrrole nitrogens is 1. The fraction of sp³-hybridized carbons (Fsp3) is 0. The first-order chi connectivity index (χ1) is 9.83. The van der Waals surface area contributed by atoms with Gasteiger partial charge in [0, 0.05) is 17.1 Å². The summed E-state index contributed by atoms with van der Waals surface area (Å²) in [6.45, 7) is 0. The summed E-state index contributed by atoms with van der Waals surface area (Å²) in [4.78, 5) is 12.3. The van der Waals surface area contributed by atoms with Crippen LogP contribution in [-0.4, -0.2) is 15.0 Å². The first-order valence-corrected chi connectivity index (χ1v) is 6.69. The van der Waals surface area contributed by atoms with Crippen LogP contribution in [0, 0.1) is 0 Å². The number of pyridine rings is 1. The van der Waals surface area contributed by atoms with E-state index >= 15 is 0 Å². The van der Waals surface area contributed by atoms with Gasteiger partial charge in [0.2, 0.25) is 0 Å². The van der Waals surface area contributed by atoms with Gasteiger partial charge < -0.3 is 4.98 Å². The Balaban J connectivity index is 2.04. The minimum Gasteiger partial charge on any atom is -0.338 e. The second-order valence-corrected chi connectivity index (χ2v) is 5.00. The third-order valence-corrected chi connectivity index (χ3v) is 3.67. The molecule has 2 heterocycles. The lowest BCUT2D eigenvalue weighted by Crippen LogP contribution is -1.85. The van der Waals surface area contributed by atoms with Gasteiger partial charge in [-0.1, -0.05) is 35.9 Å². The van der Waals surface area contributed by atoms with Crippen LogP contribution >= 0.6 is 11.6 Å². The van der Waals surface area contributed by atoms with E-state index < -0.39 is 0 Å². The Hall–Kier alpha value is -2.39. The molecule has 0 spiro atoms. The smallest absolute Gasteiger partial charge is 0.139 e. The summed E-state index contributed by atoms with van der Waals surface area (Å²) < 4.78 is 0. The molecular formula is C16H10ClN3. The van der Waals surface area contributed by atoms with E-state index in [4.69, 9.17) is 11.6 Å². The third-order valence-electron chi connectivity index (χ3n) is 3.37. The molecule has 0 aliphatic heterocycles. The third kappa shape index (κ3) is 1.67. The Kier molecular flexibility index (Phi) is 2.47. The van der Waals surface area contributed by atoms with Crippen LogP contribution in [0.4, 0.5) is 0 Å². The standard InChI is InChI=1S/C16H10ClN3/c17-12-5-3-7-14-15(12)20-16(19-14)11-8-9-18-13-6-2-1-4-10(11)13/h1-9H,(H,19,20). The van der Waals surface area contributed by atoms with Crippen molar-refractivity contribution in [2.75, 3.05) is 0 Å². The zero-order chi connectivity index (χ0) is 13.5. The van der Waals surface area contributed by atoms with Crippen LogP contribution in [0.3, 0.4) is 0 Å². The first-order valence-electron chi connectivity index (χ1n) is 6.31. The topological polar surface area (TPSA) is 41.6 Å². The van der Waals surface area contributed by atoms with Crippen LogP contribution < -0.4 is 0 Å². The molecular weight excluding hydrogens is 270 g/mol. The van der Waals surface area contributed by atoms with Gasteiger partial charge in [-0.25, -0.2) is 4.98 Å². The van der Waals surface area contributed by atoms with Crippen LogP contribution in [0.15, 0.2) is 54.7 Å². The van der Waals surface area contributed by atoms with Gasteiger partial charge in [-0.05, 0) is 24.3 Å². The van der Waals surface area contributed by atoms with Crippen molar-refractivity contribution in [3.63, 3.8) is 0 Å². The minimum absolute atomic E-state index is 0.656. The van der Waals surface area contributed by atoms with Gasteiger partial charge in [0.25, 0.3) is 0 Å². The first kappa shape index (κ1) is 11.4. The van der Waals surface area contributed by atoms with Crippen LogP contribution in [0.25, 0.3) is 33.3 Å². The molecule has 0 atom stereocenters. The Bertz CT molecular complexity index is 922. The van der Waals surface area contributed by atoms with Crippen molar-refractivity contribution < 1.29 is 0 Å². The molecule has 0 unspecified atom stereocenters. The summed E-state index contributed by atoms with van der Waals surface area (Å²) in [6, 6.07) is 15.7. The maximum absolute atomic E-state index is 6.18. The van der Waals surface area contributed by atoms with E-state index in [1.165, 1.54) is 0 Å². The highest BCUT2D eigenvalue weighted by molar-refractivity contribution is 6.35. The number of aromatic nitrogens is 3. The van der Waals surface area contributed by atoms with Gasteiger partial charge in [-0.2, -0.15) is 0 Å². The zero-order valence-corrected chi connectivity index (χ0v) is 11.2. The van der Waals surface area contributed by atoms with E-state index in [0.717, 1.165) is 33.3 Å².